The normalized spacial score (nSPS) is 15.1. The predicted molar refractivity (Wildman–Crippen MR) is 145 cm³/mol. The fraction of sp³-hybridized carbons (Fsp3) is 0.300. The van der Waals surface area contributed by atoms with E-state index in [0.717, 1.165) is 16.7 Å². The molecule has 0 bridgehead atoms. The van der Waals surface area contributed by atoms with Crippen LogP contribution < -0.4 is 15.4 Å². The van der Waals surface area contributed by atoms with Gasteiger partial charge in [-0.3, -0.25) is 9.59 Å². The number of fused-ring (bicyclic) bond motifs is 1. The van der Waals surface area contributed by atoms with Crippen molar-refractivity contribution in [2.45, 2.75) is 44.3 Å². The Labute approximate surface area is 222 Å². The molecule has 0 spiro atoms. The molecule has 8 heteroatoms. The average Bonchev–Trinajstić information content (AvgIpc) is 2.95. The Morgan fingerprint density at radius 1 is 0.947 bits per heavy atom. The third kappa shape index (κ3) is 6.91. The number of anilines is 1. The van der Waals surface area contributed by atoms with E-state index in [0.29, 0.717) is 37.2 Å². The molecule has 1 heterocycles. The summed E-state index contributed by atoms with van der Waals surface area (Å²) in [7, 11) is 2.90. The number of nitrogens with one attached hydrogen (secondary N) is 2. The van der Waals surface area contributed by atoms with E-state index in [1.165, 1.54) is 7.11 Å². The van der Waals surface area contributed by atoms with Crippen LogP contribution in [0.2, 0.25) is 0 Å². The molecule has 3 aromatic rings. The second-order valence-corrected chi connectivity index (χ2v) is 9.28. The molecule has 198 valence electrons. The summed E-state index contributed by atoms with van der Waals surface area (Å²) < 4.78 is 10.2. The van der Waals surface area contributed by atoms with Crippen LogP contribution in [0.5, 0.6) is 5.75 Å². The summed E-state index contributed by atoms with van der Waals surface area (Å²) >= 11 is 0. The van der Waals surface area contributed by atoms with Gasteiger partial charge < -0.3 is 25.0 Å². The van der Waals surface area contributed by atoms with E-state index in [9.17, 15) is 14.4 Å². The van der Waals surface area contributed by atoms with Crippen LogP contribution in [0.25, 0.3) is 0 Å². The number of benzene rings is 3. The van der Waals surface area contributed by atoms with Gasteiger partial charge in [-0.25, -0.2) is 4.79 Å². The molecule has 0 fully saturated rings. The molecule has 0 aromatic heterocycles. The zero-order valence-corrected chi connectivity index (χ0v) is 21.7. The number of carbonyl (C=O) groups excluding carboxylic acids is 3. The van der Waals surface area contributed by atoms with Crippen LogP contribution in [0.15, 0.2) is 78.9 Å². The van der Waals surface area contributed by atoms with Crippen molar-refractivity contribution in [2.75, 3.05) is 19.5 Å². The van der Waals surface area contributed by atoms with E-state index in [4.69, 9.17) is 9.47 Å². The van der Waals surface area contributed by atoms with Gasteiger partial charge in [-0.1, -0.05) is 60.7 Å². The maximum absolute atomic E-state index is 14.0. The molecule has 3 aromatic carbocycles. The van der Waals surface area contributed by atoms with Crippen molar-refractivity contribution in [1.82, 2.24) is 10.2 Å². The summed E-state index contributed by atoms with van der Waals surface area (Å²) in [4.78, 5) is 41.0. The molecule has 3 amide bonds. The van der Waals surface area contributed by atoms with Gasteiger partial charge in [0.05, 0.1) is 20.6 Å². The largest absolute Gasteiger partial charge is 0.497 e. The Bertz CT molecular complexity index is 1260. The van der Waals surface area contributed by atoms with Crippen molar-refractivity contribution in [3.05, 3.63) is 95.6 Å². The first-order valence-corrected chi connectivity index (χ1v) is 12.7. The SMILES string of the molecule is COC(=O)C[C@H]1Cc2ccccc2CN1C(=O)[C@H](CCc1ccccc1)NC(=O)Nc1cccc(OC)c1. The van der Waals surface area contributed by atoms with E-state index in [2.05, 4.69) is 10.6 Å². The molecule has 38 heavy (non-hydrogen) atoms. The first-order chi connectivity index (χ1) is 18.5. The first-order valence-electron chi connectivity index (χ1n) is 12.7. The van der Waals surface area contributed by atoms with Crippen LogP contribution in [0.4, 0.5) is 10.5 Å². The summed E-state index contributed by atoms with van der Waals surface area (Å²) in [6.45, 7) is 0.359. The minimum absolute atomic E-state index is 0.0813. The molecule has 4 rings (SSSR count). The molecule has 2 atom stereocenters. The summed E-state index contributed by atoms with van der Waals surface area (Å²) in [5, 5.41) is 5.68. The molecule has 1 aliphatic rings. The number of amides is 3. The maximum atomic E-state index is 14.0. The number of methoxy groups -OCH3 is 2. The minimum atomic E-state index is -0.800. The molecule has 0 saturated heterocycles. The Morgan fingerprint density at radius 3 is 2.42 bits per heavy atom. The molecule has 0 saturated carbocycles. The highest BCUT2D eigenvalue weighted by molar-refractivity contribution is 5.94. The highest BCUT2D eigenvalue weighted by atomic mass is 16.5. The number of hydrogen-bond donors (Lipinski definition) is 2. The molecule has 2 N–H and O–H groups in total. The van der Waals surface area contributed by atoms with E-state index in [1.807, 2.05) is 54.6 Å². The van der Waals surface area contributed by atoms with Crippen LogP contribution in [-0.2, 0) is 33.7 Å². The maximum Gasteiger partial charge on any atom is 0.319 e. The highest BCUT2D eigenvalue weighted by Gasteiger charge is 2.35. The summed E-state index contributed by atoms with van der Waals surface area (Å²) in [6.07, 6.45) is 1.62. The van der Waals surface area contributed by atoms with Crippen molar-refractivity contribution >= 4 is 23.6 Å². The highest BCUT2D eigenvalue weighted by Crippen LogP contribution is 2.27. The third-order valence-corrected chi connectivity index (χ3v) is 6.76. The van der Waals surface area contributed by atoms with Crippen molar-refractivity contribution < 1.29 is 23.9 Å². The van der Waals surface area contributed by atoms with Crippen LogP contribution in [0.3, 0.4) is 0 Å². The number of nitrogens with zero attached hydrogens (tertiary/aromatic N) is 1. The number of rotatable bonds is 9. The number of hydrogen-bond acceptors (Lipinski definition) is 5. The number of esters is 1. The quantitative estimate of drug-likeness (QED) is 0.414. The summed E-state index contributed by atoms with van der Waals surface area (Å²) in [5.74, 6) is -0.000915. The summed E-state index contributed by atoms with van der Waals surface area (Å²) in [6, 6.07) is 23.1. The van der Waals surface area contributed by atoms with Crippen molar-refractivity contribution in [2.24, 2.45) is 0 Å². The van der Waals surface area contributed by atoms with Gasteiger partial charge in [-0.15, -0.1) is 0 Å². The van der Waals surface area contributed by atoms with E-state index < -0.39 is 12.1 Å². The lowest BCUT2D eigenvalue weighted by atomic mass is 9.91. The van der Waals surface area contributed by atoms with Crippen LogP contribution in [0, 0.1) is 0 Å². The van der Waals surface area contributed by atoms with E-state index in [1.54, 1.807) is 36.3 Å². The number of ether oxygens (including phenoxy) is 2. The molecule has 1 aliphatic heterocycles. The van der Waals surface area contributed by atoms with Crippen LogP contribution >= 0.6 is 0 Å². The Morgan fingerprint density at radius 2 is 1.68 bits per heavy atom. The fourth-order valence-corrected chi connectivity index (χ4v) is 4.74. The average molecular weight is 516 g/mol. The Hall–Kier alpha value is -4.33. The van der Waals surface area contributed by atoms with Crippen molar-refractivity contribution in [1.29, 1.82) is 0 Å². The van der Waals surface area contributed by atoms with E-state index >= 15 is 0 Å². The molecule has 0 unspecified atom stereocenters. The lowest BCUT2D eigenvalue weighted by molar-refractivity contribution is -0.145. The molecule has 0 radical (unpaired) electrons. The monoisotopic (exact) mass is 515 g/mol. The van der Waals surface area contributed by atoms with Gasteiger partial charge in [0.1, 0.15) is 11.8 Å². The third-order valence-electron chi connectivity index (χ3n) is 6.76. The zero-order chi connectivity index (χ0) is 26.9. The molecular formula is C30H33N3O5. The lowest BCUT2D eigenvalue weighted by Crippen LogP contribution is -2.54. The predicted octanol–water partition coefficient (Wildman–Crippen LogP) is 4.33. The van der Waals surface area contributed by atoms with Gasteiger partial charge in [-0.05, 0) is 48.1 Å². The number of urea groups is 1. The standard InChI is InChI=1S/C30H33N3O5/c1-37-26-14-8-13-24(18-26)31-30(36)32-27(16-15-21-9-4-3-5-10-21)29(35)33-20-23-12-7-6-11-22(23)17-25(33)19-28(34)38-2/h3-14,18,25,27H,15-17,19-20H2,1-2H3,(H2,31,32,36)/t25-,27+/m1/s1. The number of carbonyl (C=O) groups is 3. The van der Waals surface area contributed by atoms with Gasteiger partial charge in [-0.2, -0.15) is 0 Å². The van der Waals surface area contributed by atoms with Gasteiger partial charge >= 0.3 is 12.0 Å². The van der Waals surface area contributed by atoms with Gasteiger partial charge in [0, 0.05) is 24.3 Å². The summed E-state index contributed by atoms with van der Waals surface area (Å²) in [5.41, 5.74) is 3.75. The zero-order valence-electron chi connectivity index (χ0n) is 21.7. The Balaban J connectivity index is 1.56. The number of aryl methyl sites for hydroxylation is 1. The van der Waals surface area contributed by atoms with Crippen LogP contribution in [-0.4, -0.2) is 49.1 Å². The first kappa shape index (κ1) is 26.7. The lowest BCUT2D eigenvalue weighted by Gasteiger charge is -2.38. The molecule has 0 aliphatic carbocycles. The van der Waals surface area contributed by atoms with Gasteiger partial charge in [0.2, 0.25) is 5.91 Å². The Kier molecular flexibility index (Phi) is 8.98. The second kappa shape index (κ2) is 12.8. The molecular weight excluding hydrogens is 482 g/mol. The topological polar surface area (TPSA) is 97.0 Å². The van der Waals surface area contributed by atoms with Crippen molar-refractivity contribution in [3.63, 3.8) is 0 Å². The second-order valence-electron chi connectivity index (χ2n) is 9.28. The van der Waals surface area contributed by atoms with E-state index in [-0.39, 0.29) is 24.3 Å². The van der Waals surface area contributed by atoms with Gasteiger partial charge in [0.25, 0.3) is 0 Å². The van der Waals surface area contributed by atoms with Crippen LogP contribution in [0.1, 0.15) is 29.5 Å². The smallest absolute Gasteiger partial charge is 0.319 e. The minimum Gasteiger partial charge on any atom is -0.497 e. The van der Waals surface area contributed by atoms with Gasteiger partial charge in [0.15, 0.2) is 0 Å². The van der Waals surface area contributed by atoms with Crippen molar-refractivity contribution in [3.8, 4) is 5.75 Å². The molecule has 8 nitrogen and oxygen atoms in total. The fourth-order valence-electron chi connectivity index (χ4n) is 4.74.